The fourth-order valence-corrected chi connectivity index (χ4v) is 5.11. The molecule has 2 aromatic carbocycles. The molecule has 36 heavy (non-hydrogen) atoms. The summed E-state index contributed by atoms with van der Waals surface area (Å²) in [5, 5.41) is 2.92. The number of benzene rings is 2. The number of rotatable bonds is 4. The average Bonchev–Trinajstić information content (AvgIpc) is 2.84. The van der Waals surface area contributed by atoms with E-state index in [1.54, 1.807) is 34.8 Å². The van der Waals surface area contributed by atoms with Crippen LogP contribution in [-0.4, -0.2) is 42.1 Å². The Hall–Kier alpha value is -3.95. The molecule has 2 amide bonds. The van der Waals surface area contributed by atoms with Crippen molar-refractivity contribution in [3.05, 3.63) is 76.7 Å². The number of piperidine rings is 1. The number of carbonyl (C=O) groups excluding carboxylic acids is 1. The van der Waals surface area contributed by atoms with Crippen molar-refractivity contribution in [2.45, 2.75) is 25.2 Å². The lowest BCUT2D eigenvalue weighted by Gasteiger charge is -2.42. The Morgan fingerprint density at radius 3 is 2.47 bits per heavy atom. The number of urea groups is 1. The molecule has 1 fully saturated rings. The largest absolute Gasteiger partial charge is 0.573 e. The maximum Gasteiger partial charge on any atom is 0.573 e. The number of methoxy groups -OCH3 is 1. The second kappa shape index (κ2) is 9.25. The van der Waals surface area contributed by atoms with Gasteiger partial charge in [-0.05, 0) is 54.3 Å². The highest BCUT2D eigenvalue weighted by Gasteiger charge is 2.37. The SMILES string of the molecule is COc1ccccc1NC(=O)N1CC2CC(C1)c1ccc(-c3ccc(OC(F)(F)F)cc3)c(=O)n1C2. The Labute approximate surface area is 205 Å². The first-order valence-electron chi connectivity index (χ1n) is 11.5. The molecule has 188 valence electrons. The molecule has 1 saturated heterocycles. The number of hydrogen-bond acceptors (Lipinski definition) is 4. The van der Waals surface area contributed by atoms with E-state index in [9.17, 15) is 22.8 Å². The van der Waals surface area contributed by atoms with Gasteiger partial charge in [-0.1, -0.05) is 24.3 Å². The number of likely N-dealkylation sites (tertiary alicyclic amines) is 1. The van der Waals surface area contributed by atoms with Gasteiger partial charge in [-0.25, -0.2) is 4.79 Å². The van der Waals surface area contributed by atoms with Crippen LogP contribution in [0.15, 0.2) is 65.5 Å². The number of ether oxygens (including phenoxy) is 2. The standard InChI is InChI=1S/C26H24F3N3O4/c1-35-23-5-3-2-4-21(23)30-25(34)31-13-16-12-18(15-31)22-11-10-20(24(33)32(22)14-16)17-6-8-19(9-7-17)36-26(27,28)29/h2-11,16,18H,12-15H2,1H3,(H,30,34). The number of alkyl halides is 3. The number of fused-ring (bicyclic) bond motifs is 4. The van der Waals surface area contributed by atoms with Crippen molar-refractivity contribution < 1.29 is 27.4 Å². The maximum absolute atomic E-state index is 13.3. The first-order valence-corrected chi connectivity index (χ1v) is 11.5. The van der Waals surface area contributed by atoms with Gasteiger partial charge in [-0.3, -0.25) is 4.79 Å². The van der Waals surface area contributed by atoms with Crippen LogP contribution in [0.2, 0.25) is 0 Å². The number of para-hydroxylation sites is 2. The van der Waals surface area contributed by atoms with Gasteiger partial charge in [-0.15, -0.1) is 13.2 Å². The Kier molecular flexibility index (Phi) is 6.11. The van der Waals surface area contributed by atoms with Gasteiger partial charge in [0.05, 0.1) is 12.8 Å². The van der Waals surface area contributed by atoms with E-state index >= 15 is 0 Å². The van der Waals surface area contributed by atoms with E-state index in [2.05, 4.69) is 10.1 Å². The molecule has 0 saturated carbocycles. The first-order chi connectivity index (χ1) is 17.2. The second-order valence-electron chi connectivity index (χ2n) is 8.99. The molecule has 0 aliphatic carbocycles. The number of anilines is 1. The lowest BCUT2D eigenvalue weighted by atomic mass is 9.83. The molecule has 0 radical (unpaired) electrons. The van der Waals surface area contributed by atoms with E-state index in [1.165, 1.54) is 24.3 Å². The summed E-state index contributed by atoms with van der Waals surface area (Å²) < 4.78 is 48.3. The smallest absolute Gasteiger partial charge is 0.495 e. The van der Waals surface area contributed by atoms with Crippen LogP contribution in [0.25, 0.3) is 11.1 Å². The third kappa shape index (κ3) is 4.75. The summed E-state index contributed by atoms with van der Waals surface area (Å²) in [6.07, 6.45) is -3.90. The maximum atomic E-state index is 13.3. The van der Waals surface area contributed by atoms with Gasteiger partial charge >= 0.3 is 12.4 Å². The van der Waals surface area contributed by atoms with E-state index in [0.717, 1.165) is 12.1 Å². The van der Waals surface area contributed by atoms with Gasteiger partial charge in [-0.2, -0.15) is 0 Å². The zero-order valence-corrected chi connectivity index (χ0v) is 19.4. The summed E-state index contributed by atoms with van der Waals surface area (Å²) in [6, 6.07) is 15.8. The minimum atomic E-state index is -4.78. The number of hydrogen-bond donors (Lipinski definition) is 1. The zero-order valence-electron chi connectivity index (χ0n) is 19.4. The van der Waals surface area contributed by atoms with Crippen molar-refractivity contribution in [1.82, 2.24) is 9.47 Å². The van der Waals surface area contributed by atoms with E-state index < -0.39 is 6.36 Å². The van der Waals surface area contributed by atoms with Gasteiger partial charge in [0, 0.05) is 36.8 Å². The summed E-state index contributed by atoms with van der Waals surface area (Å²) >= 11 is 0. The molecule has 0 spiro atoms. The van der Waals surface area contributed by atoms with Gasteiger partial charge < -0.3 is 24.3 Å². The number of nitrogens with zero attached hydrogens (tertiary/aromatic N) is 2. The molecule has 2 bridgehead atoms. The molecule has 2 unspecified atom stereocenters. The Bertz CT molecular complexity index is 1340. The van der Waals surface area contributed by atoms with Crippen LogP contribution in [-0.2, 0) is 6.54 Å². The summed E-state index contributed by atoms with van der Waals surface area (Å²) in [6.45, 7) is 1.45. The highest BCUT2D eigenvalue weighted by atomic mass is 19.4. The van der Waals surface area contributed by atoms with Crippen molar-refractivity contribution >= 4 is 11.7 Å². The zero-order chi connectivity index (χ0) is 25.4. The Morgan fingerprint density at radius 2 is 1.75 bits per heavy atom. The molecule has 3 aromatic rings. The molecule has 3 heterocycles. The van der Waals surface area contributed by atoms with Gasteiger partial charge in [0.1, 0.15) is 11.5 Å². The minimum Gasteiger partial charge on any atom is -0.495 e. The summed E-state index contributed by atoms with van der Waals surface area (Å²) in [5.74, 6) is 0.344. The molecule has 5 rings (SSSR count). The fourth-order valence-electron chi connectivity index (χ4n) is 5.11. The third-order valence-electron chi connectivity index (χ3n) is 6.64. The quantitative estimate of drug-likeness (QED) is 0.544. The van der Waals surface area contributed by atoms with E-state index in [4.69, 9.17) is 4.74 Å². The molecule has 7 nitrogen and oxygen atoms in total. The molecule has 2 aliphatic rings. The molecule has 2 aliphatic heterocycles. The van der Waals surface area contributed by atoms with E-state index in [0.29, 0.717) is 42.2 Å². The second-order valence-corrected chi connectivity index (χ2v) is 8.99. The highest BCUT2D eigenvalue weighted by Crippen LogP contribution is 2.36. The lowest BCUT2D eigenvalue weighted by Crippen LogP contribution is -2.50. The number of nitrogens with one attached hydrogen (secondary N) is 1. The van der Waals surface area contributed by atoms with Crippen molar-refractivity contribution in [2.75, 3.05) is 25.5 Å². The number of carbonyl (C=O) groups is 1. The fraction of sp³-hybridized carbons (Fsp3) is 0.308. The number of amides is 2. The van der Waals surface area contributed by atoms with E-state index in [-0.39, 0.29) is 29.2 Å². The summed E-state index contributed by atoms with van der Waals surface area (Å²) in [5.41, 5.74) is 2.17. The number of halogens is 3. The van der Waals surface area contributed by atoms with Crippen molar-refractivity contribution in [3.63, 3.8) is 0 Å². The van der Waals surface area contributed by atoms with Crippen LogP contribution in [0.4, 0.5) is 23.7 Å². The van der Waals surface area contributed by atoms with Crippen molar-refractivity contribution in [3.8, 4) is 22.6 Å². The van der Waals surface area contributed by atoms with E-state index in [1.807, 2.05) is 18.2 Å². The van der Waals surface area contributed by atoms with Crippen LogP contribution in [0.3, 0.4) is 0 Å². The van der Waals surface area contributed by atoms with Crippen molar-refractivity contribution in [1.29, 1.82) is 0 Å². The van der Waals surface area contributed by atoms with Crippen LogP contribution in [0.5, 0.6) is 11.5 Å². The summed E-state index contributed by atoms with van der Waals surface area (Å²) in [4.78, 5) is 28.1. The third-order valence-corrected chi connectivity index (χ3v) is 6.64. The molecular weight excluding hydrogens is 475 g/mol. The van der Waals surface area contributed by atoms with Crippen LogP contribution >= 0.6 is 0 Å². The topological polar surface area (TPSA) is 72.8 Å². The van der Waals surface area contributed by atoms with Crippen LogP contribution in [0, 0.1) is 5.92 Å². The molecule has 10 heteroatoms. The van der Waals surface area contributed by atoms with Gasteiger partial charge in [0.25, 0.3) is 5.56 Å². The van der Waals surface area contributed by atoms with Crippen LogP contribution in [0.1, 0.15) is 18.0 Å². The monoisotopic (exact) mass is 499 g/mol. The molecule has 2 atom stereocenters. The Balaban J connectivity index is 1.35. The molecule has 1 aromatic heterocycles. The first kappa shape index (κ1) is 23.8. The van der Waals surface area contributed by atoms with Crippen LogP contribution < -0.4 is 20.3 Å². The minimum absolute atomic E-state index is 0.00484. The number of pyridine rings is 1. The van der Waals surface area contributed by atoms with Gasteiger partial charge in [0.2, 0.25) is 0 Å². The summed E-state index contributed by atoms with van der Waals surface area (Å²) in [7, 11) is 1.55. The van der Waals surface area contributed by atoms with Crippen molar-refractivity contribution in [2.24, 2.45) is 5.92 Å². The Morgan fingerprint density at radius 1 is 1.00 bits per heavy atom. The predicted octanol–water partition coefficient (Wildman–Crippen LogP) is 5.07. The van der Waals surface area contributed by atoms with Gasteiger partial charge in [0.15, 0.2) is 0 Å². The number of aromatic nitrogens is 1. The predicted molar refractivity (Wildman–Crippen MR) is 127 cm³/mol. The lowest BCUT2D eigenvalue weighted by molar-refractivity contribution is -0.274. The highest BCUT2D eigenvalue weighted by molar-refractivity contribution is 5.91. The normalized spacial score (nSPS) is 18.8. The average molecular weight is 499 g/mol. The molecular formula is C26H24F3N3O4. The molecule has 1 N–H and O–H groups in total.